The van der Waals surface area contributed by atoms with E-state index in [1.807, 2.05) is 6.92 Å². The van der Waals surface area contributed by atoms with E-state index in [4.69, 9.17) is 4.74 Å². The van der Waals surface area contributed by atoms with Gasteiger partial charge < -0.3 is 9.47 Å². The molecule has 2 aromatic rings. The van der Waals surface area contributed by atoms with Gasteiger partial charge in [-0.25, -0.2) is 9.00 Å². The highest BCUT2D eigenvalue weighted by Crippen LogP contribution is 2.36. The van der Waals surface area contributed by atoms with E-state index in [0.29, 0.717) is 4.90 Å². The summed E-state index contributed by atoms with van der Waals surface area (Å²) in [4.78, 5) is 12.0. The van der Waals surface area contributed by atoms with Crippen LogP contribution in [0.15, 0.2) is 42.5 Å². The molecule has 10 heteroatoms. The maximum atomic E-state index is 12.8. The van der Waals surface area contributed by atoms with Crippen LogP contribution in [0.1, 0.15) is 15.9 Å². The lowest BCUT2D eigenvalue weighted by Crippen LogP contribution is -2.06. The van der Waals surface area contributed by atoms with E-state index in [0.717, 1.165) is 16.9 Å². The molecule has 0 saturated carbocycles. The molecule has 0 spiro atoms. The molecule has 0 radical (unpaired) electrons. The topological polar surface area (TPSA) is 99.1 Å². The molecule has 25 heavy (non-hydrogen) atoms. The van der Waals surface area contributed by atoms with Gasteiger partial charge in [-0.15, -0.1) is 15.1 Å². The van der Waals surface area contributed by atoms with Crippen molar-refractivity contribution in [1.29, 1.82) is 0 Å². The maximum Gasteiger partial charge on any atom is 0.342 e. The predicted molar refractivity (Wildman–Crippen MR) is 95.3 cm³/mol. The number of carbonyl (C=O) groups is 1. The molecule has 1 aromatic carbocycles. The number of aryl methyl sites for hydroxylation is 1. The Bertz CT molecular complexity index is 1010. The number of hydrogen-bond donors (Lipinski definition) is 0. The van der Waals surface area contributed by atoms with E-state index >= 15 is 0 Å². The lowest BCUT2D eigenvalue weighted by atomic mass is 10.2. The Morgan fingerprint density at radius 1 is 1.12 bits per heavy atom. The first-order chi connectivity index (χ1) is 11.6. The third kappa shape index (κ3) is 4.02. The van der Waals surface area contributed by atoms with Crippen LogP contribution >= 0.6 is 11.3 Å². The molecule has 0 aliphatic rings. The summed E-state index contributed by atoms with van der Waals surface area (Å²) in [5.41, 5.74) is 0.922. The Balaban J connectivity index is 2.59. The van der Waals surface area contributed by atoms with Gasteiger partial charge in [0.1, 0.15) is 5.56 Å². The molecule has 0 bridgehead atoms. The summed E-state index contributed by atoms with van der Waals surface area (Å²) in [5.74, 6) is -0.898. The number of thiophene rings is 1. The third-order valence-corrected chi connectivity index (χ3v) is 8.65. The van der Waals surface area contributed by atoms with E-state index in [-0.39, 0.29) is 15.5 Å². The van der Waals surface area contributed by atoms with E-state index in [9.17, 15) is 17.4 Å². The van der Waals surface area contributed by atoms with Crippen molar-refractivity contribution in [1.82, 2.24) is 0 Å². The van der Waals surface area contributed by atoms with Gasteiger partial charge in [-0.05, 0) is 19.1 Å². The maximum absolute atomic E-state index is 12.8. The molecule has 136 valence electrons. The minimum Gasteiger partial charge on any atom is -0.493 e. The molecule has 0 aliphatic heterocycles. The van der Waals surface area contributed by atoms with Crippen LogP contribution in [0.2, 0.25) is 0 Å². The van der Waals surface area contributed by atoms with Crippen LogP contribution in [0.5, 0.6) is 5.75 Å². The number of esters is 1. The Morgan fingerprint density at radius 2 is 1.72 bits per heavy atom. The Labute approximate surface area is 150 Å². The molecule has 1 aromatic heterocycles. The number of methoxy groups -OCH3 is 2. The molecule has 0 N–H and O–H groups in total. The van der Waals surface area contributed by atoms with E-state index in [1.54, 1.807) is 24.3 Å². The van der Waals surface area contributed by atoms with Gasteiger partial charge in [0.2, 0.25) is 0 Å². The van der Waals surface area contributed by atoms with Gasteiger partial charge in [-0.3, -0.25) is 0 Å². The van der Waals surface area contributed by atoms with E-state index in [2.05, 4.69) is 8.50 Å². The SMILES string of the molecule is COC(=O)c1csc(S(=O)(=O)N=S(C)(=O)c2ccc(C)cc2)c1OC. The van der Waals surface area contributed by atoms with Crippen LogP contribution in [-0.2, 0) is 24.5 Å². The summed E-state index contributed by atoms with van der Waals surface area (Å²) in [5, 5.41) is 1.30. The molecule has 2 rings (SSSR count). The minimum absolute atomic E-state index is 0.0262. The zero-order chi connectivity index (χ0) is 18.8. The predicted octanol–water partition coefficient (Wildman–Crippen LogP) is 2.70. The molecule has 0 aliphatic carbocycles. The molecule has 1 heterocycles. The molecule has 7 nitrogen and oxygen atoms in total. The number of ether oxygens (including phenoxy) is 2. The highest BCUT2D eigenvalue weighted by atomic mass is 32.3. The van der Waals surface area contributed by atoms with Gasteiger partial charge in [-0.1, -0.05) is 17.7 Å². The fourth-order valence-corrected chi connectivity index (χ4v) is 6.82. The number of benzene rings is 1. The van der Waals surface area contributed by atoms with Crippen molar-refractivity contribution in [3.63, 3.8) is 0 Å². The fourth-order valence-electron chi connectivity index (χ4n) is 2.01. The molecule has 0 saturated heterocycles. The summed E-state index contributed by atoms with van der Waals surface area (Å²) in [7, 11) is -5.10. The minimum atomic E-state index is -4.30. The van der Waals surface area contributed by atoms with Crippen LogP contribution in [-0.4, -0.2) is 39.1 Å². The van der Waals surface area contributed by atoms with Crippen molar-refractivity contribution < 1.29 is 26.9 Å². The Hall–Kier alpha value is -1.91. The molecule has 1 unspecified atom stereocenters. The zero-order valence-electron chi connectivity index (χ0n) is 14.0. The number of sulfonamides is 1. The Kier molecular flexibility index (Phi) is 5.55. The van der Waals surface area contributed by atoms with Crippen LogP contribution in [0, 0.1) is 6.92 Å². The van der Waals surface area contributed by atoms with Gasteiger partial charge >= 0.3 is 16.0 Å². The lowest BCUT2D eigenvalue weighted by Gasteiger charge is -2.07. The first-order valence-corrected chi connectivity index (χ1v) is 11.2. The van der Waals surface area contributed by atoms with Crippen molar-refractivity contribution in [2.45, 2.75) is 16.0 Å². The number of carbonyl (C=O) groups excluding carboxylic acids is 1. The highest BCUT2D eigenvalue weighted by molar-refractivity contribution is 8.03. The molecule has 0 amide bonds. The van der Waals surface area contributed by atoms with Gasteiger partial charge in [0.25, 0.3) is 0 Å². The van der Waals surface area contributed by atoms with Gasteiger partial charge in [-0.2, -0.15) is 8.42 Å². The quantitative estimate of drug-likeness (QED) is 0.712. The number of hydrogen-bond acceptors (Lipinski definition) is 7. The first-order valence-electron chi connectivity index (χ1n) is 6.91. The molecular formula is C15H17NO6S3. The normalized spacial score (nSPS) is 13.8. The Morgan fingerprint density at radius 3 is 2.24 bits per heavy atom. The summed E-state index contributed by atoms with van der Waals surface area (Å²) in [6.07, 6.45) is 1.25. The van der Waals surface area contributed by atoms with Crippen molar-refractivity contribution in [2.24, 2.45) is 3.77 Å². The average Bonchev–Trinajstić information content (AvgIpc) is 2.98. The lowest BCUT2D eigenvalue weighted by molar-refractivity contribution is 0.0597. The second kappa shape index (κ2) is 7.14. The smallest absolute Gasteiger partial charge is 0.342 e. The second-order valence-corrected chi connectivity index (χ2v) is 10.3. The van der Waals surface area contributed by atoms with Crippen LogP contribution in [0.4, 0.5) is 0 Å². The summed E-state index contributed by atoms with van der Waals surface area (Å²) in [6.45, 7) is 1.86. The van der Waals surface area contributed by atoms with Crippen molar-refractivity contribution in [3.05, 3.63) is 40.8 Å². The summed E-state index contributed by atoms with van der Waals surface area (Å²) >= 11 is 0.757. The standard InChI is InChI=1S/C15H17NO6S3/c1-10-5-7-11(8-6-10)24(4,18)16-25(19,20)15-13(21-2)12(9-23-15)14(17)22-3/h5-9H,1-4H3. The van der Waals surface area contributed by atoms with Crippen LogP contribution < -0.4 is 4.74 Å². The summed E-state index contributed by atoms with van der Waals surface area (Å²) in [6, 6.07) is 6.59. The first kappa shape index (κ1) is 19.4. The van der Waals surface area contributed by atoms with E-state index in [1.165, 1.54) is 25.9 Å². The van der Waals surface area contributed by atoms with Crippen molar-refractivity contribution in [3.8, 4) is 5.75 Å². The van der Waals surface area contributed by atoms with Crippen molar-refractivity contribution >= 4 is 37.1 Å². The number of nitrogens with zero attached hydrogens (tertiary/aromatic N) is 1. The van der Waals surface area contributed by atoms with Gasteiger partial charge in [0, 0.05) is 16.5 Å². The highest BCUT2D eigenvalue weighted by Gasteiger charge is 2.29. The van der Waals surface area contributed by atoms with Crippen LogP contribution in [0.25, 0.3) is 0 Å². The van der Waals surface area contributed by atoms with Crippen molar-refractivity contribution in [2.75, 3.05) is 20.5 Å². The largest absolute Gasteiger partial charge is 0.493 e. The summed E-state index contributed by atoms with van der Waals surface area (Å²) < 4.78 is 51.0. The number of rotatable bonds is 5. The van der Waals surface area contributed by atoms with Gasteiger partial charge in [0.15, 0.2) is 9.96 Å². The van der Waals surface area contributed by atoms with Gasteiger partial charge in [0.05, 0.1) is 23.9 Å². The average molecular weight is 404 g/mol. The fraction of sp³-hybridized carbons (Fsp3) is 0.267. The molecule has 1 atom stereocenters. The van der Waals surface area contributed by atoms with Crippen LogP contribution in [0.3, 0.4) is 0 Å². The monoisotopic (exact) mass is 403 g/mol. The molecular weight excluding hydrogens is 386 g/mol. The zero-order valence-corrected chi connectivity index (χ0v) is 16.5. The second-order valence-electron chi connectivity index (χ2n) is 5.13. The van der Waals surface area contributed by atoms with E-state index < -0.39 is 25.7 Å². The third-order valence-electron chi connectivity index (χ3n) is 3.26. The molecule has 0 fully saturated rings.